The zero-order valence-corrected chi connectivity index (χ0v) is 13.3. The first-order chi connectivity index (χ1) is 10.9. The molecule has 2 aromatic carbocycles. The quantitative estimate of drug-likeness (QED) is 0.771. The maximum Gasteiger partial charge on any atom is 0.319 e. The number of ether oxygens (including phenoxy) is 1. The summed E-state index contributed by atoms with van der Waals surface area (Å²) in [7, 11) is -2.16. The summed E-state index contributed by atoms with van der Waals surface area (Å²) >= 11 is 0. The van der Waals surface area contributed by atoms with Crippen LogP contribution in [0.4, 0.5) is 10.5 Å². The lowest BCUT2D eigenvalue weighted by atomic mass is 10.2. The van der Waals surface area contributed by atoms with Gasteiger partial charge in [-0.05, 0) is 29.8 Å². The van der Waals surface area contributed by atoms with E-state index in [4.69, 9.17) is 9.88 Å². The molecule has 2 aromatic rings. The number of hydrogen-bond donors (Lipinski definition) is 3. The first-order valence-electron chi connectivity index (χ1n) is 6.69. The third-order valence-corrected chi connectivity index (χ3v) is 3.96. The van der Waals surface area contributed by atoms with Gasteiger partial charge in [-0.15, -0.1) is 0 Å². The van der Waals surface area contributed by atoms with Crippen LogP contribution in [0.1, 0.15) is 5.56 Å². The van der Waals surface area contributed by atoms with Crippen LogP contribution < -0.4 is 20.5 Å². The molecule has 4 N–H and O–H groups in total. The Morgan fingerprint density at radius 3 is 2.48 bits per heavy atom. The number of urea groups is 1. The second-order valence-electron chi connectivity index (χ2n) is 4.73. The van der Waals surface area contributed by atoms with Gasteiger partial charge in [0.2, 0.25) is 10.0 Å². The molecule has 0 unspecified atom stereocenters. The number of hydrogen-bond acceptors (Lipinski definition) is 4. The highest BCUT2D eigenvalue weighted by Gasteiger charge is 2.07. The number of nitrogens with one attached hydrogen (secondary N) is 2. The largest absolute Gasteiger partial charge is 0.497 e. The maximum absolute atomic E-state index is 11.8. The van der Waals surface area contributed by atoms with Crippen molar-refractivity contribution in [2.24, 2.45) is 5.14 Å². The van der Waals surface area contributed by atoms with E-state index in [2.05, 4.69) is 10.6 Å². The van der Waals surface area contributed by atoms with Crippen LogP contribution in [-0.4, -0.2) is 21.6 Å². The van der Waals surface area contributed by atoms with Gasteiger partial charge < -0.3 is 15.4 Å². The van der Waals surface area contributed by atoms with E-state index < -0.39 is 10.0 Å². The van der Waals surface area contributed by atoms with Crippen molar-refractivity contribution in [3.8, 4) is 5.75 Å². The lowest BCUT2D eigenvalue weighted by molar-refractivity contribution is 0.251. The molecule has 2 amide bonds. The van der Waals surface area contributed by atoms with Crippen molar-refractivity contribution < 1.29 is 17.9 Å². The number of amides is 2. The van der Waals surface area contributed by atoms with Crippen molar-refractivity contribution >= 4 is 21.7 Å². The summed E-state index contributed by atoms with van der Waals surface area (Å²) in [5, 5.41) is 10.4. The Bertz CT molecular complexity index is 789. The van der Waals surface area contributed by atoms with Gasteiger partial charge in [0.05, 0.1) is 12.0 Å². The van der Waals surface area contributed by atoms with Crippen molar-refractivity contribution in [3.05, 3.63) is 54.1 Å². The summed E-state index contributed by atoms with van der Waals surface area (Å²) < 4.78 is 27.4. The normalized spacial score (nSPS) is 10.9. The molecule has 0 aliphatic rings. The van der Waals surface area contributed by atoms with E-state index in [0.717, 1.165) is 5.56 Å². The standard InChI is InChI=1S/C15H17N3O4S/c1-22-13-4-2-3-12(9-13)18-15(19)17-10-11-5-7-14(8-6-11)23(16,20)21/h2-9H,10H2,1H3,(H2,16,20,21)(H2,17,18,19). The monoisotopic (exact) mass is 335 g/mol. The molecule has 0 aliphatic carbocycles. The predicted molar refractivity (Wildman–Crippen MR) is 86.7 cm³/mol. The van der Waals surface area contributed by atoms with Crippen LogP contribution in [0.3, 0.4) is 0 Å². The fourth-order valence-corrected chi connectivity index (χ4v) is 2.37. The molecule has 0 saturated heterocycles. The highest BCUT2D eigenvalue weighted by Crippen LogP contribution is 2.16. The SMILES string of the molecule is COc1cccc(NC(=O)NCc2ccc(S(N)(=O)=O)cc2)c1. The summed E-state index contributed by atoms with van der Waals surface area (Å²) in [5.41, 5.74) is 1.35. The van der Waals surface area contributed by atoms with Crippen LogP contribution in [0.5, 0.6) is 5.75 Å². The van der Waals surface area contributed by atoms with Gasteiger partial charge >= 0.3 is 6.03 Å². The molecule has 8 heteroatoms. The van der Waals surface area contributed by atoms with Crippen LogP contribution >= 0.6 is 0 Å². The van der Waals surface area contributed by atoms with E-state index in [1.54, 1.807) is 43.5 Å². The van der Waals surface area contributed by atoms with Gasteiger partial charge in [-0.25, -0.2) is 18.4 Å². The molecule has 0 spiro atoms. The summed E-state index contributed by atoms with van der Waals surface area (Å²) in [6, 6.07) is 12.6. The number of sulfonamides is 1. The number of methoxy groups -OCH3 is 1. The molecule has 0 radical (unpaired) electrons. The molecular weight excluding hydrogens is 318 g/mol. The molecule has 23 heavy (non-hydrogen) atoms. The van der Waals surface area contributed by atoms with E-state index in [9.17, 15) is 13.2 Å². The molecule has 0 fully saturated rings. The van der Waals surface area contributed by atoms with Crippen molar-refractivity contribution in [1.82, 2.24) is 5.32 Å². The average molecular weight is 335 g/mol. The van der Waals surface area contributed by atoms with Crippen molar-refractivity contribution in [3.63, 3.8) is 0 Å². The minimum Gasteiger partial charge on any atom is -0.497 e. The van der Waals surface area contributed by atoms with Crippen LogP contribution in [-0.2, 0) is 16.6 Å². The number of rotatable bonds is 5. The first-order valence-corrected chi connectivity index (χ1v) is 8.24. The van der Waals surface area contributed by atoms with Crippen LogP contribution in [0.15, 0.2) is 53.4 Å². The minimum absolute atomic E-state index is 0.0297. The zero-order valence-electron chi connectivity index (χ0n) is 12.4. The van der Waals surface area contributed by atoms with Gasteiger partial charge in [0, 0.05) is 18.3 Å². The Kier molecular flexibility index (Phi) is 5.20. The predicted octanol–water partition coefficient (Wildman–Crippen LogP) is 1.66. The van der Waals surface area contributed by atoms with Crippen molar-refractivity contribution in [2.45, 2.75) is 11.4 Å². The Morgan fingerprint density at radius 2 is 1.87 bits per heavy atom. The minimum atomic E-state index is -3.71. The second kappa shape index (κ2) is 7.12. The van der Waals surface area contributed by atoms with E-state index in [1.807, 2.05) is 0 Å². The van der Waals surface area contributed by atoms with Gasteiger partial charge in [0.25, 0.3) is 0 Å². The molecule has 0 bridgehead atoms. The first kappa shape index (κ1) is 16.8. The number of primary sulfonamides is 1. The molecule has 7 nitrogen and oxygen atoms in total. The third kappa shape index (κ3) is 4.97. The van der Waals surface area contributed by atoms with Crippen LogP contribution in [0.2, 0.25) is 0 Å². The second-order valence-corrected chi connectivity index (χ2v) is 6.29. The number of nitrogens with two attached hydrogens (primary N) is 1. The van der Waals surface area contributed by atoms with E-state index in [0.29, 0.717) is 11.4 Å². The van der Waals surface area contributed by atoms with Crippen LogP contribution in [0, 0.1) is 0 Å². The average Bonchev–Trinajstić information content (AvgIpc) is 2.52. The van der Waals surface area contributed by atoms with Crippen molar-refractivity contribution in [1.29, 1.82) is 0 Å². The number of anilines is 1. The van der Waals surface area contributed by atoms with Crippen molar-refractivity contribution in [2.75, 3.05) is 12.4 Å². The molecule has 2 rings (SSSR count). The number of carbonyl (C=O) groups is 1. The summed E-state index contributed by atoms with van der Waals surface area (Å²) in [5.74, 6) is 0.640. The number of carbonyl (C=O) groups excluding carboxylic acids is 1. The van der Waals surface area contributed by atoms with Gasteiger partial charge in [-0.3, -0.25) is 0 Å². The molecule has 0 atom stereocenters. The van der Waals surface area contributed by atoms with Gasteiger partial charge in [0.1, 0.15) is 5.75 Å². The Labute approximate surface area is 134 Å². The lowest BCUT2D eigenvalue weighted by Gasteiger charge is -2.09. The fraction of sp³-hybridized carbons (Fsp3) is 0.133. The Hall–Kier alpha value is -2.58. The topological polar surface area (TPSA) is 111 Å². The molecule has 0 saturated carbocycles. The molecule has 0 aliphatic heterocycles. The highest BCUT2D eigenvalue weighted by atomic mass is 32.2. The highest BCUT2D eigenvalue weighted by molar-refractivity contribution is 7.89. The fourth-order valence-electron chi connectivity index (χ4n) is 1.86. The Balaban J connectivity index is 1.91. The van der Waals surface area contributed by atoms with Gasteiger partial charge in [-0.2, -0.15) is 0 Å². The van der Waals surface area contributed by atoms with E-state index in [-0.39, 0.29) is 17.5 Å². The van der Waals surface area contributed by atoms with Gasteiger partial charge in [-0.1, -0.05) is 18.2 Å². The molecule has 0 heterocycles. The third-order valence-electron chi connectivity index (χ3n) is 3.03. The van der Waals surface area contributed by atoms with E-state index >= 15 is 0 Å². The molecule has 0 aromatic heterocycles. The van der Waals surface area contributed by atoms with Crippen LogP contribution in [0.25, 0.3) is 0 Å². The summed E-state index contributed by atoms with van der Waals surface area (Å²) in [4.78, 5) is 11.9. The maximum atomic E-state index is 11.8. The molecule has 122 valence electrons. The Morgan fingerprint density at radius 1 is 1.17 bits per heavy atom. The smallest absolute Gasteiger partial charge is 0.319 e. The summed E-state index contributed by atoms with van der Waals surface area (Å²) in [6.07, 6.45) is 0. The lowest BCUT2D eigenvalue weighted by Crippen LogP contribution is -2.28. The zero-order chi connectivity index (χ0) is 16.9. The molecular formula is C15H17N3O4S. The summed E-state index contributed by atoms with van der Waals surface area (Å²) in [6.45, 7) is 0.251. The van der Waals surface area contributed by atoms with Gasteiger partial charge in [0.15, 0.2) is 0 Å². The van der Waals surface area contributed by atoms with E-state index in [1.165, 1.54) is 12.1 Å². The number of benzene rings is 2.